The molecule has 1 heterocycles. The van der Waals surface area contributed by atoms with Crippen LogP contribution in [0.5, 0.6) is 5.75 Å². The largest absolute Gasteiger partial charge is 0.497 e. The number of thioether (sulfide) groups is 1. The Bertz CT molecular complexity index is 925. The molecule has 0 radical (unpaired) electrons. The molecular formula is C19H16FN3O2S2. The Morgan fingerprint density at radius 3 is 2.63 bits per heavy atom. The van der Waals surface area contributed by atoms with Gasteiger partial charge in [-0.2, -0.15) is 0 Å². The van der Waals surface area contributed by atoms with Crippen molar-refractivity contribution in [1.29, 1.82) is 0 Å². The van der Waals surface area contributed by atoms with Gasteiger partial charge in [0.2, 0.25) is 11.0 Å². The molecule has 0 aliphatic heterocycles. The number of carbonyl (C=O) groups is 1. The highest BCUT2D eigenvalue weighted by atomic mass is 32.2. The van der Waals surface area contributed by atoms with Crippen molar-refractivity contribution >= 4 is 40.2 Å². The molecule has 3 aromatic rings. The predicted molar refractivity (Wildman–Crippen MR) is 107 cm³/mol. The molecule has 27 heavy (non-hydrogen) atoms. The zero-order chi connectivity index (χ0) is 19.1. The lowest BCUT2D eigenvalue weighted by molar-refractivity contribution is -0.111. The summed E-state index contributed by atoms with van der Waals surface area (Å²) >= 11 is 2.78. The summed E-state index contributed by atoms with van der Waals surface area (Å²) in [5, 5.41) is 11.1. The summed E-state index contributed by atoms with van der Waals surface area (Å²) in [5.74, 6) is 0.876. The van der Waals surface area contributed by atoms with Crippen LogP contribution < -0.4 is 10.1 Å². The summed E-state index contributed by atoms with van der Waals surface area (Å²) in [6.07, 6.45) is 3.15. The zero-order valence-electron chi connectivity index (χ0n) is 14.4. The zero-order valence-corrected chi connectivity index (χ0v) is 16.0. The Kier molecular flexibility index (Phi) is 6.56. The van der Waals surface area contributed by atoms with E-state index in [1.54, 1.807) is 25.3 Å². The molecule has 0 saturated heterocycles. The first-order chi connectivity index (χ1) is 13.1. The Labute approximate surface area is 164 Å². The molecule has 0 bridgehead atoms. The lowest BCUT2D eigenvalue weighted by Gasteiger charge is -1.99. The molecule has 3 rings (SSSR count). The molecular weight excluding hydrogens is 385 g/mol. The van der Waals surface area contributed by atoms with Gasteiger partial charge in [0.15, 0.2) is 4.34 Å². The number of anilines is 1. The summed E-state index contributed by atoms with van der Waals surface area (Å²) in [4.78, 5) is 12.0. The molecule has 0 unspecified atom stereocenters. The van der Waals surface area contributed by atoms with Crippen molar-refractivity contribution in [2.45, 2.75) is 10.1 Å². The quantitative estimate of drug-likeness (QED) is 0.355. The van der Waals surface area contributed by atoms with E-state index >= 15 is 0 Å². The van der Waals surface area contributed by atoms with Crippen LogP contribution in [0.2, 0.25) is 0 Å². The molecule has 0 saturated carbocycles. The number of rotatable bonds is 7. The second kappa shape index (κ2) is 9.29. The fourth-order valence-electron chi connectivity index (χ4n) is 2.08. The number of amides is 1. The van der Waals surface area contributed by atoms with Gasteiger partial charge in [0.05, 0.1) is 7.11 Å². The standard InChI is InChI=1S/C19H16FN3O2S2/c1-25-16-9-4-13(5-10-16)6-11-17(24)21-18-22-23-19(27-18)26-12-14-2-7-15(20)8-3-14/h2-11H,12H2,1H3,(H,21,22,24)/b11-6+. The number of halogens is 1. The van der Waals surface area contributed by atoms with Crippen molar-refractivity contribution in [2.75, 3.05) is 12.4 Å². The van der Waals surface area contributed by atoms with E-state index in [-0.39, 0.29) is 11.7 Å². The number of hydrogen-bond acceptors (Lipinski definition) is 6. The lowest BCUT2D eigenvalue weighted by atomic mass is 10.2. The van der Waals surface area contributed by atoms with Gasteiger partial charge in [-0.15, -0.1) is 10.2 Å². The molecule has 0 aliphatic carbocycles. The highest BCUT2D eigenvalue weighted by Crippen LogP contribution is 2.28. The first kappa shape index (κ1) is 19.1. The van der Waals surface area contributed by atoms with Crippen LogP contribution >= 0.6 is 23.1 Å². The summed E-state index contributed by atoms with van der Waals surface area (Å²) in [6, 6.07) is 13.7. The van der Waals surface area contributed by atoms with Crippen LogP contribution in [0, 0.1) is 5.82 Å². The normalized spacial score (nSPS) is 10.9. The first-order valence-electron chi connectivity index (χ1n) is 7.96. The van der Waals surface area contributed by atoms with E-state index in [0.29, 0.717) is 10.9 Å². The van der Waals surface area contributed by atoms with Crippen molar-refractivity contribution in [3.8, 4) is 5.75 Å². The fraction of sp³-hybridized carbons (Fsp3) is 0.105. The maximum atomic E-state index is 12.9. The van der Waals surface area contributed by atoms with Crippen LogP contribution in [0.1, 0.15) is 11.1 Å². The summed E-state index contributed by atoms with van der Waals surface area (Å²) < 4.78 is 18.7. The van der Waals surface area contributed by atoms with Gasteiger partial charge in [-0.3, -0.25) is 10.1 Å². The highest BCUT2D eigenvalue weighted by molar-refractivity contribution is 8.00. The molecule has 1 amide bonds. The first-order valence-corrected chi connectivity index (χ1v) is 9.76. The predicted octanol–water partition coefficient (Wildman–Crippen LogP) is 4.63. The van der Waals surface area contributed by atoms with Crippen molar-refractivity contribution < 1.29 is 13.9 Å². The van der Waals surface area contributed by atoms with Gasteiger partial charge in [0.1, 0.15) is 11.6 Å². The number of benzene rings is 2. The Morgan fingerprint density at radius 1 is 1.19 bits per heavy atom. The Morgan fingerprint density at radius 2 is 1.93 bits per heavy atom. The second-order valence-corrected chi connectivity index (χ2v) is 7.58. The minimum Gasteiger partial charge on any atom is -0.497 e. The van der Waals surface area contributed by atoms with E-state index in [1.165, 1.54) is 41.3 Å². The van der Waals surface area contributed by atoms with Crippen LogP contribution in [0.3, 0.4) is 0 Å². The maximum absolute atomic E-state index is 12.9. The number of hydrogen-bond donors (Lipinski definition) is 1. The van der Waals surface area contributed by atoms with E-state index < -0.39 is 0 Å². The summed E-state index contributed by atoms with van der Waals surface area (Å²) in [5.41, 5.74) is 1.88. The minimum absolute atomic E-state index is 0.257. The average molecular weight is 401 g/mol. The monoisotopic (exact) mass is 401 g/mol. The summed E-state index contributed by atoms with van der Waals surface area (Å²) in [7, 11) is 1.60. The van der Waals surface area contributed by atoms with Gasteiger partial charge < -0.3 is 4.74 Å². The van der Waals surface area contributed by atoms with Crippen LogP contribution in [-0.2, 0) is 10.5 Å². The molecule has 0 atom stereocenters. The van der Waals surface area contributed by atoms with E-state index in [0.717, 1.165) is 21.2 Å². The second-order valence-electron chi connectivity index (χ2n) is 5.38. The molecule has 2 aromatic carbocycles. The summed E-state index contributed by atoms with van der Waals surface area (Å²) in [6.45, 7) is 0. The van der Waals surface area contributed by atoms with Crippen molar-refractivity contribution in [1.82, 2.24) is 10.2 Å². The minimum atomic E-state index is -0.281. The number of aromatic nitrogens is 2. The van der Waals surface area contributed by atoms with E-state index in [1.807, 2.05) is 24.3 Å². The molecule has 1 aromatic heterocycles. The van der Waals surface area contributed by atoms with Crippen LogP contribution in [0.4, 0.5) is 9.52 Å². The molecule has 0 aliphatic rings. The van der Waals surface area contributed by atoms with Crippen LogP contribution in [0.15, 0.2) is 58.9 Å². The molecule has 8 heteroatoms. The molecule has 5 nitrogen and oxygen atoms in total. The Balaban J connectivity index is 1.51. The van der Waals surface area contributed by atoms with Crippen molar-refractivity contribution in [3.05, 3.63) is 71.6 Å². The average Bonchev–Trinajstić information content (AvgIpc) is 3.13. The van der Waals surface area contributed by atoms with Crippen molar-refractivity contribution in [2.24, 2.45) is 0 Å². The van der Waals surface area contributed by atoms with Crippen LogP contribution in [-0.4, -0.2) is 23.2 Å². The van der Waals surface area contributed by atoms with Crippen molar-refractivity contribution in [3.63, 3.8) is 0 Å². The number of ether oxygens (including phenoxy) is 1. The Hall–Kier alpha value is -2.71. The maximum Gasteiger partial charge on any atom is 0.250 e. The van der Waals surface area contributed by atoms with Gasteiger partial charge in [-0.25, -0.2) is 4.39 Å². The van der Waals surface area contributed by atoms with E-state index in [4.69, 9.17) is 4.74 Å². The van der Waals surface area contributed by atoms with Gasteiger partial charge in [0, 0.05) is 11.8 Å². The molecule has 0 spiro atoms. The molecule has 1 N–H and O–H groups in total. The number of methoxy groups -OCH3 is 1. The smallest absolute Gasteiger partial charge is 0.250 e. The lowest BCUT2D eigenvalue weighted by Crippen LogP contribution is -2.07. The van der Waals surface area contributed by atoms with Gasteiger partial charge in [-0.1, -0.05) is 47.4 Å². The van der Waals surface area contributed by atoms with Crippen LogP contribution in [0.25, 0.3) is 6.08 Å². The number of carbonyl (C=O) groups excluding carboxylic acids is 1. The van der Waals surface area contributed by atoms with Gasteiger partial charge in [-0.05, 0) is 41.5 Å². The number of nitrogens with one attached hydrogen (secondary N) is 1. The molecule has 138 valence electrons. The third kappa shape index (κ3) is 5.90. The topological polar surface area (TPSA) is 64.1 Å². The van der Waals surface area contributed by atoms with E-state index in [2.05, 4.69) is 15.5 Å². The van der Waals surface area contributed by atoms with Gasteiger partial charge in [0.25, 0.3) is 0 Å². The van der Waals surface area contributed by atoms with Gasteiger partial charge >= 0.3 is 0 Å². The SMILES string of the molecule is COc1ccc(/C=C/C(=O)Nc2nnc(SCc3ccc(F)cc3)s2)cc1. The number of nitrogens with zero attached hydrogens (tertiary/aromatic N) is 2. The third-order valence-electron chi connectivity index (χ3n) is 3.46. The fourth-order valence-corrected chi connectivity index (χ4v) is 3.79. The third-order valence-corrected chi connectivity index (χ3v) is 5.50. The highest BCUT2D eigenvalue weighted by Gasteiger charge is 2.07. The molecule has 0 fully saturated rings. The van der Waals surface area contributed by atoms with E-state index in [9.17, 15) is 9.18 Å².